The smallest absolute Gasteiger partial charge is 0.373 e. The molecule has 4 rings (SSSR count). The Morgan fingerprint density at radius 2 is 1.15 bits per heavy atom. The van der Waals surface area contributed by atoms with Crippen LogP contribution in [0.25, 0.3) is 22.1 Å². The summed E-state index contributed by atoms with van der Waals surface area (Å²) in [6.07, 6.45) is 1.25. The maximum atomic E-state index is 11.7. The molecule has 2 aromatic heterocycles. The normalized spacial score (nSPS) is 10.1. The summed E-state index contributed by atoms with van der Waals surface area (Å²) in [5, 5.41) is 0. The third-order valence-electron chi connectivity index (χ3n) is 5.40. The third kappa shape index (κ3) is 5.19. The van der Waals surface area contributed by atoms with Crippen molar-refractivity contribution in [3.63, 3.8) is 0 Å². The molecule has 2 heterocycles. The van der Waals surface area contributed by atoms with Gasteiger partial charge in [-0.2, -0.15) is 9.59 Å². The lowest BCUT2D eigenvalue weighted by Crippen LogP contribution is -2.19. The number of rotatable bonds is 4. The highest BCUT2D eigenvalue weighted by molar-refractivity contribution is 5.77. The monoisotopic (exact) mass is 454 g/mol. The SMILES string of the molecule is CCc1ccc2c(c1)n(C)c(=O)n2C.Cn1c(=O)n(C)c2cc(COC=O)ccc21.O=C=O. The molecular formula is C23H26N4O6. The Morgan fingerprint density at radius 1 is 0.758 bits per heavy atom. The Morgan fingerprint density at radius 3 is 1.58 bits per heavy atom. The first-order chi connectivity index (χ1) is 15.7. The fourth-order valence-corrected chi connectivity index (χ4v) is 3.54. The van der Waals surface area contributed by atoms with Gasteiger partial charge < -0.3 is 4.74 Å². The maximum absolute atomic E-state index is 11.7. The Hall–Kier alpha value is -4.17. The van der Waals surface area contributed by atoms with E-state index in [0.29, 0.717) is 6.47 Å². The van der Waals surface area contributed by atoms with E-state index in [1.165, 1.54) is 5.56 Å². The molecule has 0 saturated carbocycles. The molecule has 0 N–H and O–H groups in total. The molecule has 0 bridgehead atoms. The number of ether oxygens (including phenoxy) is 1. The molecule has 0 fully saturated rings. The van der Waals surface area contributed by atoms with Crippen LogP contribution in [0.5, 0.6) is 0 Å². The van der Waals surface area contributed by atoms with Crippen molar-refractivity contribution in [3.8, 4) is 0 Å². The topological polar surface area (TPSA) is 114 Å². The molecule has 33 heavy (non-hydrogen) atoms. The van der Waals surface area contributed by atoms with Crippen molar-refractivity contribution in [2.24, 2.45) is 28.2 Å². The zero-order valence-corrected chi connectivity index (χ0v) is 19.2. The molecule has 0 unspecified atom stereocenters. The van der Waals surface area contributed by atoms with E-state index in [0.717, 1.165) is 34.1 Å². The number of fused-ring (bicyclic) bond motifs is 2. The summed E-state index contributed by atoms with van der Waals surface area (Å²) in [5.74, 6) is 0. The van der Waals surface area contributed by atoms with Crippen molar-refractivity contribution in [2.75, 3.05) is 0 Å². The van der Waals surface area contributed by atoms with Crippen molar-refractivity contribution in [1.82, 2.24) is 18.3 Å². The van der Waals surface area contributed by atoms with E-state index in [2.05, 4.69) is 23.8 Å². The van der Waals surface area contributed by atoms with Crippen LogP contribution in [-0.4, -0.2) is 30.9 Å². The summed E-state index contributed by atoms with van der Waals surface area (Å²) in [5.41, 5.74) is 5.80. The van der Waals surface area contributed by atoms with Gasteiger partial charge in [-0.25, -0.2) is 9.59 Å². The first kappa shape index (κ1) is 25.1. The summed E-state index contributed by atoms with van der Waals surface area (Å²) < 4.78 is 11.2. The number of benzene rings is 2. The second-order valence-corrected chi connectivity index (χ2v) is 7.29. The number of carbonyl (C=O) groups excluding carboxylic acids is 3. The average molecular weight is 454 g/mol. The highest BCUT2D eigenvalue weighted by atomic mass is 16.5. The van der Waals surface area contributed by atoms with Gasteiger partial charge in [0.15, 0.2) is 0 Å². The van der Waals surface area contributed by atoms with Gasteiger partial charge in [-0.15, -0.1) is 0 Å². The lowest BCUT2D eigenvalue weighted by Gasteiger charge is -2.00. The largest absolute Gasteiger partial charge is 0.463 e. The molecule has 2 aromatic carbocycles. The molecular weight excluding hydrogens is 428 g/mol. The second kappa shape index (κ2) is 10.9. The number of carbonyl (C=O) groups is 1. The van der Waals surface area contributed by atoms with E-state index < -0.39 is 0 Å². The minimum absolute atomic E-state index is 0.0354. The Balaban J connectivity index is 0.000000210. The van der Waals surface area contributed by atoms with Crippen LogP contribution in [0.2, 0.25) is 0 Å². The minimum Gasteiger partial charge on any atom is -0.463 e. The van der Waals surface area contributed by atoms with Crippen LogP contribution >= 0.6 is 0 Å². The number of imidazole rings is 2. The molecule has 10 nitrogen and oxygen atoms in total. The molecule has 0 aliphatic rings. The van der Waals surface area contributed by atoms with E-state index >= 15 is 0 Å². The number of hydrogen-bond acceptors (Lipinski definition) is 6. The first-order valence-electron chi connectivity index (χ1n) is 10.0. The fraction of sp³-hybridized carbons (Fsp3) is 0.304. The molecule has 0 saturated heterocycles. The summed E-state index contributed by atoms with van der Waals surface area (Å²) in [7, 11) is 7.06. The van der Waals surface area contributed by atoms with Gasteiger partial charge in [-0.05, 0) is 41.8 Å². The highest BCUT2D eigenvalue weighted by Gasteiger charge is 2.08. The van der Waals surface area contributed by atoms with Gasteiger partial charge in [-0.1, -0.05) is 19.1 Å². The summed E-state index contributed by atoms with van der Waals surface area (Å²) in [6.45, 7) is 2.75. The van der Waals surface area contributed by atoms with Crippen LogP contribution in [0.3, 0.4) is 0 Å². The van der Waals surface area contributed by atoms with Crippen molar-refractivity contribution in [3.05, 3.63) is 68.5 Å². The van der Waals surface area contributed by atoms with E-state index in [-0.39, 0.29) is 24.1 Å². The Kier molecular flexibility index (Phi) is 8.30. The predicted molar refractivity (Wildman–Crippen MR) is 122 cm³/mol. The predicted octanol–water partition coefficient (Wildman–Crippen LogP) is 1.41. The number of hydrogen-bond donors (Lipinski definition) is 0. The first-order valence-corrected chi connectivity index (χ1v) is 10.0. The minimum atomic E-state index is -0.0662. The van der Waals surface area contributed by atoms with Crippen LogP contribution in [0.4, 0.5) is 0 Å². The molecule has 0 spiro atoms. The fourth-order valence-electron chi connectivity index (χ4n) is 3.54. The molecule has 10 heteroatoms. The molecule has 0 aliphatic carbocycles. The van der Waals surface area contributed by atoms with Crippen LogP contribution in [0, 0.1) is 0 Å². The lowest BCUT2D eigenvalue weighted by molar-refractivity contribution is -0.191. The van der Waals surface area contributed by atoms with E-state index in [4.69, 9.17) is 9.59 Å². The molecule has 4 aromatic rings. The van der Waals surface area contributed by atoms with Gasteiger partial charge in [0, 0.05) is 28.2 Å². The molecule has 0 radical (unpaired) electrons. The Labute approximate surface area is 189 Å². The second-order valence-electron chi connectivity index (χ2n) is 7.29. The van der Waals surface area contributed by atoms with Gasteiger partial charge in [0.2, 0.25) is 0 Å². The highest BCUT2D eigenvalue weighted by Crippen LogP contribution is 2.15. The molecule has 0 amide bonds. The van der Waals surface area contributed by atoms with Crippen molar-refractivity contribution in [2.45, 2.75) is 20.0 Å². The van der Waals surface area contributed by atoms with Crippen LogP contribution < -0.4 is 11.4 Å². The maximum Gasteiger partial charge on any atom is 0.373 e. The molecule has 174 valence electrons. The van der Waals surface area contributed by atoms with E-state index in [9.17, 15) is 14.4 Å². The van der Waals surface area contributed by atoms with Gasteiger partial charge in [-0.3, -0.25) is 23.1 Å². The van der Waals surface area contributed by atoms with Crippen molar-refractivity contribution < 1.29 is 19.1 Å². The zero-order chi connectivity index (χ0) is 24.7. The lowest BCUT2D eigenvalue weighted by atomic mass is 10.1. The van der Waals surface area contributed by atoms with Gasteiger partial charge >= 0.3 is 17.5 Å². The summed E-state index contributed by atoms with van der Waals surface area (Å²) >= 11 is 0. The summed E-state index contributed by atoms with van der Waals surface area (Å²) in [6, 6.07) is 11.7. The average Bonchev–Trinajstić information content (AvgIpc) is 3.18. The zero-order valence-electron chi connectivity index (χ0n) is 19.2. The van der Waals surface area contributed by atoms with Crippen molar-refractivity contribution in [1.29, 1.82) is 0 Å². The Bertz CT molecular complexity index is 1430. The number of aromatic nitrogens is 4. The van der Waals surface area contributed by atoms with Crippen molar-refractivity contribution >= 4 is 34.7 Å². The van der Waals surface area contributed by atoms with Crippen LogP contribution in [-0.2, 0) is 60.3 Å². The molecule has 0 atom stereocenters. The van der Waals surface area contributed by atoms with Gasteiger partial charge in [0.25, 0.3) is 6.47 Å². The number of aryl methyl sites for hydroxylation is 5. The van der Waals surface area contributed by atoms with Gasteiger partial charge in [0.05, 0.1) is 22.1 Å². The van der Waals surface area contributed by atoms with E-state index in [1.54, 1.807) is 39.4 Å². The quantitative estimate of drug-likeness (QED) is 0.431. The standard InChI is InChI=1S/C11H12N2O3.C11H14N2O.CO2/c1-12-9-4-3-8(6-16-7-14)5-10(9)13(2)11(12)15;1-4-8-5-6-9-10(7-8)13(3)11(14)12(9)2;2-1-3/h3-5,7H,6H2,1-2H3;5-7H,4H2,1-3H3;. The molecule has 0 aliphatic heterocycles. The van der Waals surface area contributed by atoms with E-state index in [1.807, 2.05) is 31.3 Å². The number of nitrogens with zero attached hydrogens (tertiary/aromatic N) is 4. The summed E-state index contributed by atoms with van der Waals surface area (Å²) in [4.78, 5) is 49.6. The van der Waals surface area contributed by atoms with Crippen LogP contribution in [0.15, 0.2) is 46.0 Å². The third-order valence-corrected chi connectivity index (χ3v) is 5.40. The van der Waals surface area contributed by atoms with Crippen LogP contribution in [0.1, 0.15) is 18.1 Å². The van der Waals surface area contributed by atoms with Gasteiger partial charge in [0.1, 0.15) is 6.61 Å².